The van der Waals surface area contributed by atoms with Gasteiger partial charge in [-0.25, -0.2) is 0 Å². The lowest BCUT2D eigenvalue weighted by atomic mass is 10.2. The van der Waals surface area contributed by atoms with Crippen molar-refractivity contribution in [2.45, 2.75) is 19.8 Å². The number of hydrogen-bond acceptors (Lipinski definition) is 5. The quantitative estimate of drug-likeness (QED) is 0.671. The van der Waals surface area contributed by atoms with Crippen LogP contribution in [-0.2, 0) is 0 Å². The van der Waals surface area contributed by atoms with E-state index in [2.05, 4.69) is 15.3 Å². The number of nitrogens with zero attached hydrogens (tertiary/aromatic N) is 3. The van der Waals surface area contributed by atoms with Gasteiger partial charge in [-0.3, -0.25) is 5.10 Å². The van der Waals surface area contributed by atoms with Crippen LogP contribution >= 0.6 is 12.2 Å². The van der Waals surface area contributed by atoms with Crippen LogP contribution < -0.4 is 4.74 Å². The van der Waals surface area contributed by atoms with E-state index >= 15 is 0 Å². The van der Waals surface area contributed by atoms with Gasteiger partial charge in [0.1, 0.15) is 0 Å². The smallest absolute Gasteiger partial charge is 0.216 e. The van der Waals surface area contributed by atoms with Gasteiger partial charge in [-0.2, -0.15) is 14.9 Å². The van der Waals surface area contributed by atoms with Crippen molar-refractivity contribution in [3.05, 3.63) is 34.4 Å². The third kappa shape index (κ3) is 2.88. The Morgan fingerprint density at radius 1 is 1.50 bits per heavy atom. The molecule has 0 radical (unpaired) electrons. The van der Waals surface area contributed by atoms with Gasteiger partial charge in [0.15, 0.2) is 17.3 Å². The van der Waals surface area contributed by atoms with Crippen molar-refractivity contribution in [3.63, 3.8) is 0 Å². The number of hydrogen-bond donors (Lipinski definition) is 2. The third-order valence-corrected chi connectivity index (χ3v) is 2.98. The normalized spacial score (nSPS) is 11.4. The maximum absolute atomic E-state index is 9.54. The van der Waals surface area contributed by atoms with Gasteiger partial charge in [-0.05, 0) is 36.0 Å². The summed E-state index contributed by atoms with van der Waals surface area (Å²) >= 11 is 5.14. The van der Waals surface area contributed by atoms with Crippen molar-refractivity contribution < 1.29 is 9.84 Å². The Kier molecular flexibility index (Phi) is 4.19. The molecule has 0 aliphatic rings. The van der Waals surface area contributed by atoms with E-state index in [9.17, 15) is 5.11 Å². The summed E-state index contributed by atoms with van der Waals surface area (Å²) in [7, 11) is 1.50. The molecule has 0 atom stereocenters. The molecule has 0 saturated heterocycles. The second-order valence-electron chi connectivity index (χ2n) is 4.53. The van der Waals surface area contributed by atoms with Crippen LogP contribution in [0.4, 0.5) is 0 Å². The van der Waals surface area contributed by atoms with Crippen LogP contribution in [-0.4, -0.2) is 33.3 Å². The third-order valence-electron chi connectivity index (χ3n) is 2.72. The summed E-state index contributed by atoms with van der Waals surface area (Å²) in [5, 5.41) is 20.7. The fourth-order valence-electron chi connectivity index (χ4n) is 1.69. The van der Waals surface area contributed by atoms with Gasteiger partial charge in [-0.15, -0.1) is 0 Å². The molecule has 2 N–H and O–H groups in total. The maximum Gasteiger partial charge on any atom is 0.216 e. The molecule has 0 bridgehead atoms. The first-order valence-corrected chi connectivity index (χ1v) is 6.52. The summed E-state index contributed by atoms with van der Waals surface area (Å²) in [5.74, 6) is 1.45. The van der Waals surface area contributed by atoms with Crippen LogP contribution in [0.25, 0.3) is 0 Å². The van der Waals surface area contributed by atoms with E-state index in [0.29, 0.717) is 10.5 Å². The van der Waals surface area contributed by atoms with Gasteiger partial charge in [0.2, 0.25) is 4.77 Å². The van der Waals surface area contributed by atoms with Gasteiger partial charge in [0.05, 0.1) is 13.3 Å². The number of H-pyrrole nitrogens is 1. The predicted octanol–water partition coefficient (Wildman–Crippen LogP) is 2.66. The van der Waals surface area contributed by atoms with Crippen LogP contribution in [0, 0.1) is 4.77 Å². The molecule has 20 heavy (non-hydrogen) atoms. The summed E-state index contributed by atoms with van der Waals surface area (Å²) in [5.41, 5.74) is 0.789. The van der Waals surface area contributed by atoms with Crippen molar-refractivity contribution in [2.75, 3.05) is 7.11 Å². The van der Waals surface area contributed by atoms with Crippen molar-refractivity contribution in [3.8, 4) is 11.5 Å². The fraction of sp³-hybridized carbons (Fsp3) is 0.308. The molecule has 6 nitrogen and oxygen atoms in total. The standard InChI is InChI=1S/C13H16N4O2S/c1-8(2)12-15-16-13(20)17(12)14-7-9-4-5-10(18)11(6-9)19-3/h4-8,18H,1-3H3,(H,16,20)/b14-7-. The Labute approximate surface area is 121 Å². The van der Waals surface area contributed by atoms with Crippen LogP contribution in [0.2, 0.25) is 0 Å². The number of methoxy groups -OCH3 is 1. The van der Waals surface area contributed by atoms with Crippen LogP contribution in [0.15, 0.2) is 23.3 Å². The predicted molar refractivity (Wildman–Crippen MR) is 79.2 cm³/mol. The number of aromatic hydroxyl groups is 1. The average Bonchev–Trinajstić information content (AvgIpc) is 2.79. The van der Waals surface area contributed by atoms with Gasteiger partial charge >= 0.3 is 0 Å². The number of aromatic nitrogens is 3. The van der Waals surface area contributed by atoms with E-state index < -0.39 is 0 Å². The summed E-state index contributed by atoms with van der Waals surface area (Å²) in [6.45, 7) is 4.03. The van der Waals surface area contributed by atoms with Crippen LogP contribution in [0.5, 0.6) is 11.5 Å². The molecule has 1 heterocycles. The van der Waals surface area contributed by atoms with Crippen molar-refractivity contribution in [2.24, 2.45) is 5.10 Å². The Hall–Kier alpha value is -2.15. The lowest BCUT2D eigenvalue weighted by Gasteiger charge is -2.04. The molecule has 0 saturated carbocycles. The van der Waals surface area contributed by atoms with Gasteiger partial charge in [0.25, 0.3) is 0 Å². The monoisotopic (exact) mass is 292 g/mol. The largest absolute Gasteiger partial charge is 0.504 e. The first-order valence-electron chi connectivity index (χ1n) is 6.11. The SMILES string of the molecule is COc1cc(/C=N\n2c(C(C)C)n[nH]c2=S)ccc1O. The molecule has 7 heteroatoms. The molecule has 1 aromatic carbocycles. The topological polar surface area (TPSA) is 75.4 Å². The Balaban J connectivity index is 2.35. The van der Waals surface area contributed by atoms with E-state index in [4.69, 9.17) is 17.0 Å². The second kappa shape index (κ2) is 5.87. The highest BCUT2D eigenvalue weighted by atomic mass is 32.1. The molecule has 0 spiro atoms. The lowest BCUT2D eigenvalue weighted by Crippen LogP contribution is -2.01. The summed E-state index contributed by atoms with van der Waals surface area (Å²) in [6, 6.07) is 4.98. The Morgan fingerprint density at radius 3 is 2.90 bits per heavy atom. The molecule has 0 fully saturated rings. The van der Waals surface area contributed by atoms with Crippen LogP contribution in [0.3, 0.4) is 0 Å². The molecule has 0 aliphatic carbocycles. The number of nitrogens with one attached hydrogen (secondary N) is 1. The maximum atomic E-state index is 9.54. The molecule has 0 aliphatic heterocycles. The first-order chi connectivity index (χ1) is 9.52. The zero-order valence-electron chi connectivity index (χ0n) is 11.5. The number of phenolic OH excluding ortho intramolecular Hbond substituents is 1. The van der Waals surface area contributed by atoms with Gasteiger partial charge in [-0.1, -0.05) is 13.8 Å². The number of phenols is 1. The highest BCUT2D eigenvalue weighted by molar-refractivity contribution is 7.71. The Bertz CT molecular complexity index is 688. The van der Waals surface area contributed by atoms with E-state index in [1.165, 1.54) is 7.11 Å². The molecule has 0 amide bonds. The number of rotatable bonds is 4. The minimum atomic E-state index is 0.0902. The molecule has 0 unspecified atom stereocenters. The molecule has 2 rings (SSSR count). The van der Waals surface area contributed by atoms with E-state index in [1.807, 2.05) is 13.8 Å². The van der Waals surface area contributed by atoms with Gasteiger partial charge in [0, 0.05) is 5.92 Å². The van der Waals surface area contributed by atoms with Crippen molar-refractivity contribution >= 4 is 18.4 Å². The van der Waals surface area contributed by atoms with Crippen molar-refractivity contribution in [1.29, 1.82) is 0 Å². The van der Waals surface area contributed by atoms with Crippen LogP contribution in [0.1, 0.15) is 31.2 Å². The zero-order valence-corrected chi connectivity index (χ0v) is 12.3. The minimum absolute atomic E-state index is 0.0902. The highest BCUT2D eigenvalue weighted by Gasteiger charge is 2.09. The van der Waals surface area contributed by atoms with Crippen molar-refractivity contribution in [1.82, 2.24) is 14.9 Å². The van der Waals surface area contributed by atoms with Gasteiger partial charge < -0.3 is 9.84 Å². The Morgan fingerprint density at radius 2 is 2.25 bits per heavy atom. The lowest BCUT2D eigenvalue weighted by molar-refractivity contribution is 0.373. The number of ether oxygens (including phenoxy) is 1. The first kappa shape index (κ1) is 14.3. The van der Waals surface area contributed by atoms with E-state index in [-0.39, 0.29) is 11.7 Å². The number of aromatic amines is 1. The second-order valence-corrected chi connectivity index (χ2v) is 4.92. The van der Waals surface area contributed by atoms with E-state index in [0.717, 1.165) is 11.4 Å². The van der Waals surface area contributed by atoms with E-state index in [1.54, 1.807) is 29.1 Å². The minimum Gasteiger partial charge on any atom is -0.504 e. The molecular formula is C13H16N4O2S. The fourth-order valence-corrected chi connectivity index (χ4v) is 1.87. The molecular weight excluding hydrogens is 276 g/mol. The highest BCUT2D eigenvalue weighted by Crippen LogP contribution is 2.25. The zero-order chi connectivity index (χ0) is 14.7. The molecule has 1 aromatic heterocycles. The molecule has 106 valence electrons. The summed E-state index contributed by atoms with van der Waals surface area (Å²) < 4.78 is 7.07. The molecule has 2 aromatic rings. The summed E-state index contributed by atoms with van der Waals surface area (Å²) in [6.07, 6.45) is 1.64. The number of benzene rings is 1. The average molecular weight is 292 g/mol. The summed E-state index contributed by atoms with van der Waals surface area (Å²) in [4.78, 5) is 0.